The lowest BCUT2D eigenvalue weighted by molar-refractivity contribution is -0.142. The second-order valence-electron chi connectivity index (χ2n) is 16.8. The van der Waals surface area contributed by atoms with Crippen molar-refractivity contribution in [2.75, 3.05) is 20.1 Å². The number of nitrogens with one attached hydrogen (secondary N) is 3. The number of carbonyl (C=O) groups is 4. The molecule has 3 fully saturated rings. The number of benzene rings is 1. The van der Waals surface area contributed by atoms with Crippen molar-refractivity contribution in [2.24, 2.45) is 11.3 Å². The number of sulfonamides is 1. The zero-order chi connectivity index (χ0) is 40.9. The second-order valence-corrected chi connectivity index (χ2v) is 18.7. The van der Waals surface area contributed by atoms with Crippen LogP contribution in [0.1, 0.15) is 70.9 Å². The van der Waals surface area contributed by atoms with Gasteiger partial charge in [0.2, 0.25) is 21.8 Å². The average molecular weight is 799 g/mol. The second kappa shape index (κ2) is 15.2. The van der Waals surface area contributed by atoms with Gasteiger partial charge in [0.15, 0.2) is 0 Å². The monoisotopic (exact) mass is 798 g/mol. The average Bonchev–Trinajstić information content (AvgIpc) is 4.10. The molecule has 5 atom stereocenters. The Balaban J connectivity index is 1.28. The standard InChI is InChI=1S/C41H50N8O7S/c1-6-27-22-41(27,38(53)46-57(55,56)29-16-17-29)45-35(50)33-21-28-24-48(33)37(52)34(40(2,3)4)44-39(54)47(5)19-10-8-7-9-13-30-31(23-43-49(28)36(30)51)26-15-14-25-12-11-18-42-32(25)20-26/h6-7,9,11-12,14-15,18,20,23,27-29,33-34H,1,8,10,13,16-17,19,21-22,24H2,2-5H3,(H,44,54)(H,45,50)(H,46,53)/b9-7+/t27-,28?,33+,34-,41?/m1/s1. The Morgan fingerprint density at radius 3 is 2.58 bits per heavy atom. The quantitative estimate of drug-likeness (QED) is 0.301. The minimum atomic E-state index is -3.93. The minimum Gasteiger partial charge on any atom is -0.339 e. The fraction of sp³-hybridized carbons (Fsp3) is 0.488. The first-order chi connectivity index (χ1) is 27.0. The van der Waals surface area contributed by atoms with Gasteiger partial charge < -0.3 is 20.4 Å². The molecular formula is C41H50N8O7S. The Bertz CT molecular complexity index is 2330. The lowest BCUT2D eigenvalue weighted by Gasteiger charge is -2.36. The highest BCUT2D eigenvalue weighted by molar-refractivity contribution is 7.91. The maximum Gasteiger partial charge on any atom is 0.317 e. The number of nitrogens with zero attached hydrogens (tertiary/aromatic N) is 5. The van der Waals surface area contributed by atoms with E-state index >= 15 is 0 Å². The van der Waals surface area contributed by atoms with Crippen molar-refractivity contribution in [1.29, 1.82) is 0 Å². The van der Waals surface area contributed by atoms with E-state index in [2.05, 4.69) is 32.0 Å². The highest BCUT2D eigenvalue weighted by Gasteiger charge is 2.62. The Labute approximate surface area is 332 Å². The van der Waals surface area contributed by atoms with Gasteiger partial charge in [-0.1, -0.05) is 57.2 Å². The molecule has 2 aromatic heterocycles. The van der Waals surface area contributed by atoms with Crippen LogP contribution >= 0.6 is 0 Å². The van der Waals surface area contributed by atoms with Crippen LogP contribution in [-0.4, -0.2) is 99.7 Å². The highest BCUT2D eigenvalue weighted by atomic mass is 32.2. The van der Waals surface area contributed by atoms with Gasteiger partial charge in [0.1, 0.15) is 17.6 Å². The smallest absolute Gasteiger partial charge is 0.317 e. The third-order valence-corrected chi connectivity index (χ3v) is 13.4. The molecule has 7 rings (SSSR count). The first-order valence-electron chi connectivity index (χ1n) is 19.5. The first kappa shape index (κ1) is 39.8. The third kappa shape index (κ3) is 7.96. The Kier molecular flexibility index (Phi) is 10.6. The number of hydrogen-bond donors (Lipinski definition) is 3. The van der Waals surface area contributed by atoms with E-state index in [1.54, 1.807) is 19.4 Å². The lowest BCUT2D eigenvalue weighted by atomic mass is 9.85. The molecule has 3 N–H and O–H groups in total. The Hall–Kier alpha value is -5.38. The van der Waals surface area contributed by atoms with Crippen LogP contribution < -0.4 is 20.9 Å². The van der Waals surface area contributed by atoms with Crippen molar-refractivity contribution in [2.45, 2.75) is 94.6 Å². The summed E-state index contributed by atoms with van der Waals surface area (Å²) in [6.07, 6.45) is 11.3. The summed E-state index contributed by atoms with van der Waals surface area (Å²) in [5.41, 5.74) is -0.139. The van der Waals surface area contributed by atoms with Gasteiger partial charge in [-0.3, -0.25) is 28.9 Å². The number of carbonyl (C=O) groups excluding carboxylic acids is 4. The topological polar surface area (TPSA) is 193 Å². The van der Waals surface area contributed by atoms with Crippen molar-refractivity contribution in [3.8, 4) is 11.1 Å². The van der Waals surface area contributed by atoms with Gasteiger partial charge in [-0.15, -0.1) is 6.58 Å². The van der Waals surface area contributed by atoms with E-state index in [1.807, 2.05) is 63.3 Å². The van der Waals surface area contributed by atoms with Crippen LogP contribution in [-0.2, 0) is 30.8 Å². The molecule has 0 spiro atoms. The molecule has 4 heterocycles. The molecule has 15 nitrogen and oxygen atoms in total. The van der Waals surface area contributed by atoms with E-state index in [0.29, 0.717) is 43.4 Å². The van der Waals surface area contributed by atoms with E-state index in [4.69, 9.17) is 0 Å². The molecule has 5 amide bonds. The molecule has 2 saturated carbocycles. The first-order valence-corrected chi connectivity index (χ1v) is 21.0. The summed E-state index contributed by atoms with van der Waals surface area (Å²) < 4.78 is 29.0. The molecule has 2 aliphatic heterocycles. The number of allylic oxidation sites excluding steroid dienone is 2. The van der Waals surface area contributed by atoms with Crippen LogP contribution in [0.4, 0.5) is 4.79 Å². The summed E-state index contributed by atoms with van der Waals surface area (Å²) in [7, 11) is -2.27. The molecule has 1 saturated heterocycles. The molecule has 16 heteroatoms. The molecule has 302 valence electrons. The number of hydrogen-bond acceptors (Lipinski definition) is 9. The van der Waals surface area contributed by atoms with Crippen LogP contribution in [0.25, 0.3) is 22.0 Å². The van der Waals surface area contributed by atoms with E-state index in [9.17, 15) is 32.4 Å². The van der Waals surface area contributed by atoms with Gasteiger partial charge in [-0.2, -0.15) is 5.10 Å². The predicted molar refractivity (Wildman–Crippen MR) is 214 cm³/mol. The zero-order valence-electron chi connectivity index (χ0n) is 32.7. The molecule has 2 aliphatic carbocycles. The van der Waals surface area contributed by atoms with E-state index < -0.39 is 74.0 Å². The lowest BCUT2D eigenvalue weighted by Crippen LogP contribution is -2.61. The minimum absolute atomic E-state index is 0.0411. The Morgan fingerprint density at radius 2 is 1.88 bits per heavy atom. The molecule has 4 bridgehead atoms. The van der Waals surface area contributed by atoms with Gasteiger partial charge in [-0.05, 0) is 61.6 Å². The van der Waals surface area contributed by atoms with Gasteiger partial charge in [0.25, 0.3) is 11.5 Å². The summed E-state index contributed by atoms with van der Waals surface area (Å²) in [4.78, 5) is 78.3. The Morgan fingerprint density at radius 1 is 1.11 bits per heavy atom. The van der Waals surface area contributed by atoms with Crippen LogP contribution in [0, 0.1) is 11.3 Å². The summed E-state index contributed by atoms with van der Waals surface area (Å²) in [6, 6.07) is 6.08. The number of fused-ring (bicyclic) bond motifs is 6. The normalized spacial score (nSPS) is 26.3. The van der Waals surface area contributed by atoms with Crippen LogP contribution in [0.15, 0.2) is 72.3 Å². The van der Waals surface area contributed by atoms with Crippen molar-refractivity contribution in [3.63, 3.8) is 0 Å². The number of rotatable bonds is 7. The fourth-order valence-electron chi connectivity index (χ4n) is 7.86. The highest BCUT2D eigenvalue weighted by Crippen LogP contribution is 2.46. The summed E-state index contributed by atoms with van der Waals surface area (Å²) in [6.45, 7) is 9.52. The van der Waals surface area contributed by atoms with Crippen molar-refractivity contribution < 1.29 is 27.6 Å². The fourth-order valence-corrected chi connectivity index (χ4v) is 9.23. The largest absolute Gasteiger partial charge is 0.339 e. The van der Waals surface area contributed by atoms with Crippen LogP contribution in [0.5, 0.6) is 0 Å². The van der Waals surface area contributed by atoms with Crippen molar-refractivity contribution in [3.05, 3.63) is 83.4 Å². The summed E-state index contributed by atoms with van der Waals surface area (Å²) >= 11 is 0. The summed E-state index contributed by atoms with van der Waals surface area (Å²) in [5.74, 6) is -2.65. The molecule has 2 unspecified atom stereocenters. The number of amides is 5. The predicted octanol–water partition coefficient (Wildman–Crippen LogP) is 3.22. The van der Waals surface area contributed by atoms with E-state index in [-0.39, 0.29) is 31.4 Å². The number of aromatic nitrogens is 3. The number of urea groups is 1. The SMILES string of the molecule is C=C[C@@H]1CC1(NC(=O)[C@@H]1CC2CN1C(=O)[C@H](C(C)(C)C)NC(=O)N(C)CCC/C=C/Cc1c(-c3ccc4cccnc4c3)cnn2c1=O)C(=O)NS(=O)(=O)C1CC1. The molecular weight excluding hydrogens is 749 g/mol. The molecule has 4 aliphatic rings. The zero-order valence-corrected chi connectivity index (χ0v) is 33.5. The molecule has 3 aromatic rings. The van der Waals surface area contributed by atoms with Crippen LogP contribution in [0.3, 0.4) is 0 Å². The van der Waals surface area contributed by atoms with Crippen LogP contribution in [0.2, 0.25) is 0 Å². The van der Waals surface area contributed by atoms with Gasteiger partial charge >= 0.3 is 6.03 Å². The van der Waals surface area contributed by atoms with Crippen molar-refractivity contribution >= 4 is 44.7 Å². The third-order valence-electron chi connectivity index (χ3n) is 11.6. The van der Waals surface area contributed by atoms with Gasteiger partial charge in [0.05, 0.1) is 23.0 Å². The maximum absolute atomic E-state index is 14.7. The number of pyridine rings is 1. The summed E-state index contributed by atoms with van der Waals surface area (Å²) in [5, 5.41) is 10.6. The molecule has 57 heavy (non-hydrogen) atoms. The maximum atomic E-state index is 14.7. The molecule has 1 aromatic carbocycles. The molecule has 0 radical (unpaired) electrons. The van der Waals surface area contributed by atoms with Gasteiger partial charge in [0, 0.05) is 55.2 Å². The van der Waals surface area contributed by atoms with E-state index in [0.717, 1.165) is 16.5 Å². The van der Waals surface area contributed by atoms with Gasteiger partial charge in [-0.25, -0.2) is 17.9 Å². The van der Waals surface area contributed by atoms with Crippen molar-refractivity contribution in [1.82, 2.24) is 39.9 Å². The van der Waals surface area contributed by atoms with E-state index in [1.165, 1.54) is 20.6 Å².